The number of benzene rings is 1. The smallest absolute Gasteiger partial charge is 0.306 e. The van der Waals surface area contributed by atoms with Gasteiger partial charge in [0.15, 0.2) is 0 Å². The molecular weight excluding hydrogens is 238 g/mol. The highest BCUT2D eigenvalue weighted by Crippen LogP contribution is 2.14. The molecule has 0 saturated carbocycles. The van der Waals surface area contributed by atoms with E-state index >= 15 is 0 Å². The second kappa shape index (κ2) is 7.17. The predicted octanol–water partition coefficient (Wildman–Crippen LogP) is 3.34. The largest absolute Gasteiger partial charge is 0.466 e. The van der Waals surface area contributed by atoms with E-state index in [0.29, 0.717) is 13.0 Å². The first-order valence-corrected chi connectivity index (χ1v) is 6.14. The Labute approximate surface area is 107 Å². The van der Waals surface area contributed by atoms with Crippen LogP contribution in [0.3, 0.4) is 0 Å². The highest BCUT2D eigenvalue weighted by molar-refractivity contribution is 6.30. The minimum atomic E-state index is -0.141. The number of carbonyl (C=O) groups is 1. The molecule has 0 aromatic heterocycles. The molecule has 1 unspecified atom stereocenters. The van der Waals surface area contributed by atoms with E-state index in [4.69, 9.17) is 16.3 Å². The Balaban J connectivity index is 2.30. The molecule has 1 rings (SSSR count). The van der Waals surface area contributed by atoms with Gasteiger partial charge in [-0.1, -0.05) is 18.5 Å². The summed E-state index contributed by atoms with van der Waals surface area (Å²) in [6, 6.07) is 7.50. The normalized spacial score (nSPS) is 11.9. The maximum atomic E-state index is 11.2. The maximum absolute atomic E-state index is 11.2. The van der Waals surface area contributed by atoms with Gasteiger partial charge in [-0.15, -0.1) is 0 Å². The monoisotopic (exact) mass is 255 g/mol. The van der Waals surface area contributed by atoms with Crippen LogP contribution in [0.1, 0.15) is 20.3 Å². The molecule has 0 heterocycles. The summed E-state index contributed by atoms with van der Waals surface area (Å²) in [4.78, 5) is 11.2. The van der Waals surface area contributed by atoms with Crippen LogP contribution in [-0.4, -0.2) is 19.1 Å². The quantitative estimate of drug-likeness (QED) is 0.793. The molecular formula is C13H18ClNO2. The number of halogens is 1. The van der Waals surface area contributed by atoms with Crippen LogP contribution >= 0.6 is 11.6 Å². The van der Waals surface area contributed by atoms with Crippen LogP contribution < -0.4 is 5.32 Å². The summed E-state index contributed by atoms with van der Waals surface area (Å²) in [6.45, 7) is 5.00. The minimum absolute atomic E-state index is 0.141. The number of carbonyl (C=O) groups excluding carboxylic acids is 1. The van der Waals surface area contributed by atoms with E-state index in [-0.39, 0.29) is 11.9 Å². The first-order chi connectivity index (χ1) is 8.11. The van der Waals surface area contributed by atoms with Crippen molar-refractivity contribution in [1.29, 1.82) is 0 Å². The number of anilines is 1. The Morgan fingerprint density at radius 3 is 2.65 bits per heavy atom. The van der Waals surface area contributed by atoms with Crippen LogP contribution in [0.2, 0.25) is 5.02 Å². The SMILES string of the molecule is CCOC(=O)CC(C)CNc1ccc(Cl)cc1. The molecule has 0 aliphatic carbocycles. The van der Waals surface area contributed by atoms with Crippen LogP contribution in [0.4, 0.5) is 5.69 Å². The van der Waals surface area contributed by atoms with Crippen LogP contribution in [0.5, 0.6) is 0 Å². The average molecular weight is 256 g/mol. The molecule has 1 aromatic carbocycles. The van der Waals surface area contributed by atoms with Crippen molar-refractivity contribution in [3.63, 3.8) is 0 Å². The molecule has 0 bridgehead atoms. The maximum Gasteiger partial charge on any atom is 0.306 e. The van der Waals surface area contributed by atoms with Gasteiger partial charge in [-0.25, -0.2) is 0 Å². The van der Waals surface area contributed by atoms with Gasteiger partial charge < -0.3 is 10.1 Å². The summed E-state index contributed by atoms with van der Waals surface area (Å²) < 4.78 is 4.90. The van der Waals surface area contributed by atoms with Crippen molar-refractivity contribution in [2.24, 2.45) is 5.92 Å². The fraction of sp³-hybridized carbons (Fsp3) is 0.462. The van der Waals surface area contributed by atoms with Crippen molar-refractivity contribution in [3.05, 3.63) is 29.3 Å². The van der Waals surface area contributed by atoms with Crippen molar-refractivity contribution in [1.82, 2.24) is 0 Å². The van der Waals surface area contributed by atoms with Crippen molar-refractivity contribution < 1.29 is 9.53 Å². The van der Waals surface area contributed by atoms with Crippen molar-refractivity contribution >= 4 is 23.3 Å². The molecule has 0 aliphatic heterocycles. The molecule has 0 spiro atoms. The molecule has 1 N–H and O–H groups in total. The summed E-state index contributed by atoms with van der Waals surface area (Å²) in [5, 5.41) is 3.97. The molecule has 3 nitrogen and oxygen atoms in total. The van der Waals surface area contributed by atoms with Crippen LogP contribution in [0.25, 0.3) is 0 Å². The van der Waals surface area contributed by atoms with Gasteiger partial charge in [0.2, 0.25) is 0 Å². The summed E-state index contributed by atoms with van der Waals surface area (Å²) in [7, 11) is 0. The van der Waals surface area contributed by atoms with Gasteiger partial charge >= 0.3 is 5.97 Å². The van der Waals surface area contributed by atoms with Gasteiger partial charge in [0.1, 0.15) is 0 Å². The molecule has 0 fully saturated rings. The number of nitrogens with one attached hydrogen (secondary N) is 1. The number of hydrogen-bond donors (Lipinski definition) is 1. The fourth-order valence-corrected chi connectivity index (χ4v) is 1.56. The van der Waals surface area contributed by atoms with E-state index in [1.165, 1.54) is 0 Å². The zero-order chi connectivity index (χ0) is 12.7. The second-order valence-corrected chi connectivity index (χ2v) is 4.44. The predicted molar refractivity (Wildman–Crippen MR) is 70.4 cm³/mol. The molecule has 17 heavy (non-hydrogen) atoms. The number of ether oxygens (including phenoxy) is 1. The topological polar surface area (TPSA) is 38.3 Å². The van der Waals surface area contributed by atoms with Crippen LogP contribution in [-0.2, 0) is 9.53 Å². The Morgan fingerprint density at radius 1 is 1.41 bits per heavy atom. The highest BCUT2D eigenvalue weighted by Gasteiger charge is 2.09. The Hall–Kier alpha value is -1.22. The Kier molecular flexibility index (Phi) is 5.84. The van der Waals surface area contributed by atoms with Gasteiger partial charge in [-0.05, 0) is 37.1 Å². The second-order valence-electron chi connectivity index (χ2n) is 4.00. The number of esters is 1. The first kappa shape index (κ1) is 13.8. The zero-order valence-electron chi connectivity index (χ0n) is 10.2. The molecule has 4 heteroatoms. The van der Waals surface area contributed by atoms with Crippen molar-refractivity contribution in [3.8, 4) is 0 Å². The number of hydrogen-bond acceptors (Lipinski definition) is 3. The highest BCUT2D eigenvalue weighted by atomic mass is 35.5. The molecule has 0 aliphatic rings. The van der Waals surface area contributed by atoms with Crippen molar-refractivity contribution in [2.75, 3.05) is 18.5 Å². The lowest BCUT2D eigenvalue weighted by molar-refractivity contribution is -0.143. The van der Waals surface area contributed by atoms with Gasteiger partial charge in [-0.3, -0.25) is 4.79 Å². The Bertz CT molecular complexity index is 351. The fourth-order valence-electron chi connectivity index (χ4n) is 1.44. The summed E-state index contributed by atoms with van der Waals surface area (Å²) >= 11 is 5.79. The van der Waals surface area contributed by atoms with Gasteiger partial charge in [0.25, 0.3) is 0 Å². The van der Waals surface area contributed by atoms with Gasteiger partial charge in [0.05, 0.1) is 6.61 Å². The van der Waals surface area contributed by atoms with E-state index in [1.807, 2.05) is 38.1 Å². The third kappa shape index (κ3) is 5.59. The standard InChI is InChI=1S/C13H18ClNO2/c1-3-17-13(16)8-10(2)9-15-12-6-4-11(14)5-7-12/h4-7,10,15H,3,8-9H2,1-2H3. The molecule has 0 radical (unpaired) electrons. The molecule has 0 amide bonds. The van der Waals surface area contributed by atoms with Gasteiger partial charge in [0, 0.05) is 23.7 Å². The van der Waals surface area contributed by atoms with Crippen molar-refractivity contribution in [2.45, 2.75) is 20.3 Å². The van der Waals surface area contributed by atoms with E-state index in [9.17, 15) is 4.79 Å². The molecule has 0 saturated heterocycles. The third-order valence-corrected chi connectivity index (χ3v) is 2.57. The van der Waals surface area contributed by atoms with E-state index in [2.05, 4.69) is 5.32 Å². The molecule has 1 atom stereocenters. The zero-order valence-corrected chi connectivity index (χ0v) is 11.0. The van der Waals surface area contributed by atoms with Gasteiger partial charge in [-0.2, -0.15) is 0 Å². The molecule has 1 aromatic rings. The summed E-state index contributed by atoms with van der Waals surface area (Å²) in [5.41, 5.74) is 1.00. The summed E-state index contributed by atoms with van der Waals surface area (Å²) in [5.74, 6) is 0.0997. The number of rotatable bonds is 6. The summed E-state index contributed by atoms with van der Waals surface area (Å²) in [6.07, 6.45) is 0.439. The van der Waals surface area contributed by atoms with Crippen LogP contribution in [0.15, 0.2) is 24.3 Å². The van der Waals surface area contributed by atoms with Crippen LogP contribution in [0, 0.1) is 5.92 Å². The minimum Gasteiger partial charge on any atom is -0.466 e. The average Bonchev–Trinajstić information content (AvgIpc) is 2.28. The van der Waals surface area contributed by atoms with E-state index < -0.39 is 0 Å². The lowest BCUT2D eigenvalue weighted by Gasteiger charge is -2.12. The third-order valence-electron chi connectivity index (χ3n) is 2.32. The van der Waals surface area contributed by atoms with E-state index in [1.54, 1.807) is 0 Å². The lowest BCUT2D eigenvalue weighted by Crippen LogP contribution is -2.16. The first-order valence-electron chi connectivity index (χ1n) is 5.77. The Morgan fingerprint density at radius 2 is 2.06 bits per heavy atom. The molecule has 94 valence electrons. The van der Waals surface area contributed by atoms with E-state index in [0.717, 1.165) is 17.3 Å². The lowest BCUT2D eigenvalue weighted by atomic mass is 10.1.